The minimum Gasteiger partial charge on any atom is -0.221 e. The molecule has 106 valence electrons. The van der Waals surface area contributed by atoms with Crippen LogP contribution >= 0.6 is 22.9 Å². The van der Waals surface area contributed by atoms with Crippen molar-refractivity contribution < 1.29 is 0 Å². The van der Waals surface area contributed by atoms with Gasteiger partial charge >= 0.3 is 0 Å². The lowest BCUT2D eigenvalue weighted by atomic mass is 10.0. The number of aromatic nitrogens is 2. The van der Waals surface area contributed by atoms with E-state index in [1.807, 2.05) is 0 Å². The first-order valence-corrected chi connectivity index (χ1v) is 8.49. The first-order chi connectivity index (χ1) is 10.3. The molecule has 1 aromatic carbocycles. The van der Waals surface area contributed by atoms with Crippen LogP contribution < -0.4 is 0 Å². The molecule has 0 aliphatic heterocycles. The Morgan fingerprint density at radius 2 is 2.14 bits per heavy atom. The van der Waals surface area contributed by atoms with Crippen LogP contribution in [-0.2, 0) is 12.8 Å². The Labute approximate surface area is 132 Å². The number of nitrogens with zero attached hydrogens (tertiary/aromatic N) is 2. The third-order valence-corrected chi connectivity index (χ3v) is 5.67. The molecule has 1 unspecified atom stereocenters. The third kappa shape index (κ3) is 2.16. The first-order valence-electron chi connectivity index (χ1n) is 7.30. The minimum atomic E-state index is 0.287. The molecule has 21 heavy (non-hydrogen) atoms. The fourth-order valence-corrected chi connectivity index (χ4v) is 4.37. The maximum Gasteiger partial charge on any atom is 0.141 e. The van der Waals surface area contributed by atoms with E-state index in [2.05, 4.69) is 42.2 Å². The van der Waals surface area contributed by atoms with Crippen LogP contribution in [0.2, 0.25) is 5.15 Å². The van der Waals surface area contributed by atoms with Crippen LogP contribution in [0.1, 0.15) is 41.1 Å². The van der Waals surface area contributed by atoms with Crippen molar-refractivity contribution in [3.63, 3.8) is 0 Å². The Balaban J connectivity index is 1.84. The highest BCUT2D eigenvalue weighted by Crippen LogP contribution is 2.38. The van der Waals surface area contributed by atoms with Crippen molar-refractivity contribution in [1.82, 2.24) is 9.97 Å². The normalized spacial score (nSPS) is 17.3. The summed E-state index contributed by atoms with van der Waals surface area (Å²) in [5, 5.41) is 1.59. The molecule has 0 saturated heterocycles. The smallest absolute Gasteiger partial charge is 0.141 e. The van der Waals surface area contributed by atoms with Gasteiger partial charge in [0.1, 0.15) is 15.8 Å². The van der Waals surface area contributed by atoms with Crippen LogP contribution in [0.25, 0.3) is 10.2 Å². The number of hydrogen-bond donors (Lipinski definition) is 0. The van der Waals surface area contributed by atoms with Crippen LogP contribution in [-0.4, -0.2) is 9.97 Å². The average Bonchev–Trinajstić information content (AvgIpc) is 3.10. The number of rotatable bonds is 2. The second-order valence-electron chi connectivity index (χ2n) is 5.45. The van der Waals surface area contributed by atoms with Crippen molar-refractivity contribution in [2.24, 2.45) is 0 Å². The molecule has 0 fully saturated rings. The molecule has 0 N–H and O–H groups in total. The Hall–Kier alpha value is -1.45. The lowest BCUT2D eigenvalue weighted by Crippen LogP contribution is -2.03. The van der Waals surface area contributed by atoms with Crippen LogP contribution in [0.4, 0.5) is 0 Å². The topological polar surface area (TPSA) is 25.8 Å². The summed E-state index contributed by atoms with van der Waals surface area (Å²) < 4.78 is 0. The number of thiophene rings is 1. The van der Waals surface area contributed by atoms with Gasteiger partial charge in [0.25, 0.3) is 0 Å². The fraction of sp³-hybridized carbons (Fsp3) is 0.294. The van der Waals surface area contributed by atoms with Crippen LogP contribution in [0, 0.1) is 0 Å². The molecule has 2 aromatic heterocycles. The molecule has 4 rings (SSSR count). The zero-order valence-corrected chi connectivity index (χ0v) is 13.3. The predicted octanol–water partition coefficient (Wildman–Crippen LogP) is 4.99. The molecule has 1 aliphatic carbocycles. The van der Waals surface area contributed by atoms with Gasteiger partial charge in [0.05, 0.1) is 0 Å². The summed E-state index contributed by atoms with van der Waals surface area (Å²) in [6, 6.07) is 10.7. The largest absolute Gasteiger partial charge is 0.221 e. The highest BCUT2D eigenvalue weighted by Gasteiger charge is 2.26. The van der Waals surface area contributed by atoms with E-state index < -0.39 is 0 Å². The van der Waals surface area contributed by atoms with E-state index in [9.17, 15) is 0 Å². The van der Waals surface area contributed by atoms with Gasteiger partial charge in [-0.2, -0.15) is 0 Å². The Morgan fingerprint density at radius 1 is 1.29 bits per heavy atom. The van der Waals surface area contributed by atoms with E-state index in [4.69, 9.17) is 16.6 Å². The Bertz CT molecular complexity index is 825. The van der Waals surface area contributed by atoms with E-state index in [1.54, 1.807) is 11.3 Å². The molecular formula is C17H15ClN2S. The zero-order valence-electron chi connectivity index (χ0n) is 11.8. The van der Waals surface area contributed by atoms with Gasteiger partial charge in [0, 0.05) is 16.2 Å². The van der Waals surface area contributed by atoms with E-state index in [1.165, 1.54) is 16.0 Å². The summed E-state index contributed by atoms with van der Waals surface area (Å²) in [6.07, 6.45) is 3.19. The fourth-order valence-electron chi connectivity index (χ4n) is 3.11. The van der Waals surface area contributed by atoms with Crippen LogP contribution in [0.5, 0.6) is 0 Å². The number of benzene rings is 1. The first kappa shape index (κ1) is 13.2. The summed E-state index contributed by atoms with van der Waals surface area (Å²) in [5.74, 6) is 1.16. The maximum absolute atomic E-state index is 6.39. The van der Waals surface area contributed by atoms with Gasteiger partial charge in [0.2, 0.25) is 0 Å². The van der Waals surface area contributed by atoms with Crippen molar-refractivity contribution in [3.05, 3.63) is 57.3 Å². The molecule has 0 saturated carbocycles. The summed E-state index contributed by atoms with van der Waals surface area (Å²) in [7, 11) is 0. The lowest BCUT2D eigenvalue weighted by molar-refractivity contribution is 0.735. The molecule has 2 nitrogen and oxygen atoms in total. The Kier molecular flexibility index (Phi) is 3.20. The lowest BCUT2D eigenvalue weighted by Gasteiger charge is -2.10. The number of fused-ring (bicyclic) bond motifs is 2. The van der Waals surface area contributed by atoms with E-state index in [0.29, 0.717) is 5.15 Å². The second-order valence-corrected chi connectivity index (χ2v) is 6.92. The van der Waals surface area contributed by atoms with Crippen molar-refractivity contribution in [1.29, 1.82) is 0 Å². The summed E-state index contributed by atoms with van der Waals surface area (Å²) in [5.41, 5.74) is 2.78. The third-order valence-electron chi connectivity index (χ3n) is 4.21. The number of hydrogen-bond acceptors (Lipinski definition) is 3. The van der Waals surface area contributed by atoms with Crippen molar-refractivity contribution in [2.75, 3.05) is 0 Å². The summed E-state index contributed by atoms with van der Waals surface area (Å²) in [4.78, 5) is 11.7. The minimum absolute atomic E-state index is 0.287. The standard InChI is InChI=1S/C17H15ClN2S/c1-2-11-9-14-15(18)19-16(20-17(14)21-11)13-8-7-10-5-3-4-6-12(10)13/h3-6,9,13H,2,7-8H2,1H3. The molecule has 1 atom stereocenters. The predicted molar refractivity (Wildman–Crippen MR) is 88.4 cm³/mol. The van der Waals surface area contributed by atoms with Gasteiger partial charge in [-0.05, 0) is 36.5 Å². The molecule has 0 spiro atoms. The highest BCUT2D eigenvalue weighted by atomic mass is 35.5. The van der Waals surface area contributed by atoms with Gasteiger partial charge in [-0.3, -0.25) is 0 Å². The molecule has 0 radical (unpaired) electrons. The molecule has 0 bridgehead atoms. The number of aryl methyl sites for hydroxylation is 2. The highest BCUT2D eigenvalue weighted by molar-refractivity contribution is 7.18. The molecule has 0 amide bonds. The molecular weight excluding hydrogens is 300 g/mol. The quantitative estimate of drug-likeness (QED) is 0.623. The zero-order chi connectivity index (χ0) is 14.4. The van der Waals surface area contributed by atoms with Gasteiger partial charge in [-0.15, -0.1) is 11.3 Å². The monoisotopic (exact) mass is 314 g/mol. The molecule has 3 aromatic rings. The van der Waals surface area contributed by atoms with Crippen LogP contribution in [0.15, 0.2) is 30.3 Å². The molecule has 2 heterocycles. The van der Waals surface area contributed by atoms with Crippen molar-refractivity contribution in [3.8, 4) is 0 Å². The summed E-state index contributed by atoms with van der Waals surface area (Å²) >= 11 is 8.12. The van der Waals surface area contributed by atoms with Crippen LogP contribution in [0.3, 0.4) is 0 Å². The van der Waals surface area contributed by atoms with E-state index in [0.717, 1.165) is 35.3 Å². The Morgan fingerprint density at radius 3 is 3.00 bits per heavy atom. The van der Waals surface area contributed by atoms with Gasteiger partial charge in [-0.1, -0.05) is 42.8 Å². The number of halogens is 1. The SMILES string of the molecule is CCc1cc2c(Cl)nc(C3CCc4ccccc43)nc2s1. The maximum atomic E-state index is 6.39. The second kappa shape index (κ2) is 5.08. The molecule has 1 aliphatic rings. The van der Waals surface area contributed by atoms with Crippen molar-refractivity contribution in [2.45, 2.75) is 32.1 Å². The molecule has 4 heteroatoms. The van der Waals surface area contributed by atoms with Gasteiger partial charge in [0.15, 0.2) is 0 Å². The average molecular weight is 315 g/mol. The van der Waals surface area contributed by atoms with Crippen molar-refractivity contribution >= 4 is 33.2 Å². The van der Waals surface area contributed by atoms with E-state index in [-0.39, 0.29) is 5.92 Å². The summed E-state index contributed by atoms with van der Waals surface area (Å²) in [6.45, 7) is 2.15. The van der Waals surface area contributed by atoms with Gasteiger partial charge < -0.3 is 0 Å². The van der Waals surface area contributed by atoms with Gasteiger partial charge in [-0.25, -0.2) is 9.97 Å². The van der Waals surface area contributed by atoms with E-state index >= 15 is 0 Å².